The Labute approximate surface area is 104 Å². The molecule has 0 unspecified atom stereocenters. The van der Waals surface area contributed by atoms with Crippen LogP contribution in [0.5, 0.6) is 0 Å². The number of thiophene rings is 1. The molecule has 0 aliphatic rings. The van der Waals surface area contributed by atoms with Crippen LogP contribution in [0.4, 0.5) is 0 Å². The van der Waals surface area contributed by atoms with Gasteiger partial charge in [0.25, 0.3) is 0 Å². The molecule has 2 nitrogen and oxygen atoms in total. The summed E-state index contributed by atoms with van der Waals surface area (Å²) in [5, 5.41) is 0. The molecule has 0 aliphatic heterocycles. The molecule has 0 fully saturated rings. The summed E-state index contributed by atoms with van der Waals surface area (Å²) in [6.07, 6.45) is 3.22. The minimum atomic E-state index is 0. The van der Waals surface area contributed by atoms with Gasteiger partial charge in [-0.2, -0.15) is 0 Å². The van der Waals surface area contributed by atoms with Crippen LogP contribution in [0.1, 0.15) is 30.2 Å². The number of nitrogens with two attached hydrogens (primary N) is 2. The van der Waals surface area contributed by atoms with Crippen molar-refractivity contribution < 1.29 is 0 Å². The molecule has 0 radical (unpaired) electrons. The van der Waals surface area contributed by atoms with Crippen molar-refractivity contribution in [2.75, 3.05) is 6.54 Å². The monoisotopic (exact) mass is 298 g/mol. The van der Waals surface area contributed by atoms with E-state index in [-0.39, 0.29) is 18.4 Å². The third kappa shape index (κ3) is 4.75. The fourth-order valence-corrected chi connectivity index (χ4v) is 2.64. The van der Waals surface area contributed by atoms with Crippen LogP contribution >= 0.6 is 39.7 Å². The van der Waals surface area contributed by atoms with Gasteiger partial charge in [0.2, 0.25) is 0 Å². The Balaban J connectivity index is 0.00000169. The van der Waals surface area contributed by atoms with Crippen LogP contribution in [-0.2, 0) is 0 Å². The van der Waals surface area contributed by atoms with Gasteiger partial charge < -0.3 is 11.5 Å². The fraction of sp³-hybridized carbons (Fsp3) is 0.556. The second-order valence-electron chi connectivity index (χ2n) is 3.03. The molecule has 0 spiro atoms. The van der Waals surface area contributed by atoms with E-state index in [0.717, 1.165) is 29.6 Å². The van der Waals surface area contributed by atoms with Gasteiger partial charge in [0.05, 0.1) is 3.79 Å². The van der Waals surface area contributed by atoms with E-state index in [1.54, 1.807) is 11.3 Å². The maximum absolute atomic E-state index is 6.00. The van der Waals surface area contributed by atoms with Crippen molar-refractivity contribution in [1.29, 1.82) is 0 Å². The minimum Gasteiger partial charge on any atom is -0.330 e. The van der Waals surface area contributed by atoms with Gasteiger partial charge in [-0.25, -0.2) is 0 Å². The Morgan fingerprint density at radius 1 is 1.36 bits per heavy atom. The van der Waals surface area contributed by atoms with Gasteiger partial charge in [-0.05, 0) is 47.4 Å². The van der Waals surface area contributed by atoms with Gasteiger partial charge in [0, 0.05) is 10.9 Å². The molecule has 4 N–H and O–H groups in total. The van der Waals surface area contributed by atoms with Crippen molar-refractivity contribution in [3.05, 3.63) is 20.8 Å². The van der Waals surface area contributed by atoms with Crippen molar-refractivity contribution in [3.8, 4) is 0 Å². The molecule has 0 saturated carbocycles. The van der Waals surface area contributed by atoms with Crippen molar-refractivity contribution >= 4 is 39.7 Å². The minimum absolute atomic E-state index is 0. The van der Waals surface area contributed by atoms with Crippen LogP contribution in [0.25, 0.3) is 0 Å². The standard InChI is InChI=1S/C9H15BrN2S.ClH/c10-9-5-4-8(13-9)7(12)3-1-2-6-11;/h4-5,7H,1-3,6,11-12H2;1H/t7-;/m1./s1. The van der Waals surface area contributed by atoms with Crippen molar-refractivity contribution in [2.24, 2.45) is 11.5 Å². The lowest BCUT2D eigenvalue weighted by molar-refractivity contribution is 0.598. The Bertz CT molecular complexity index is 255. The largest absolute Gasteiger partial charge is 0.330 e. The average molecular weight is 300 g/mol. The second kappa shape index (κ2) is 7.65. The number of hydrogen-bond donors (Lipinski definition) is 2. The van der Waals surface area contributed by atoms with E-state index in [9.17, 15) is 0 Å². The third-order valence-electron chi connectivity index (χ3n) is 1.93. The summed E-state index contributed by atoms with van der Waals surface area (Å²) in [4.78, 5) is 1.25. The van der Waals surface area contributed by atoms with Gasteiger partial charge in [-0.1, -0.05) is 6.42 Å². The lowest BCUT2D eigenvalue weighted by Gasteiger charge is -2.07. The first-order valence-corrected chi connectivity index (χ1v) is 6.06. The molecular formula is C9H16BrClN2S. The summed E-state index contributed by atoms with van der Waals surface area (Å²) >= 11 is 5.14. The maximum atomic E-state index is 6.00. The highest BCUT2D eigenvalue weighted by Crippen LogP contribution is 2.28. The first-order valence-electron chi connectivity index (χ1n) is 4.45. The zero-order valence-electron chi connectivity index (χ0n) is 7.91. The summed E-state index contributed by atoms with van der Waals surface area (Å²) in [5.41, 5.74) is 11.4. The summed E-state index contributed by atoms with van der Waals surface area (Å²) in [6.45, 7) is 0.765. The smallest absolute Gasteiger partial charge is 0.0701 e. The van der Waals surface area contributed by atoms with Crippen LogP contribution in [0.15, 0.2) is 15.9 Å². The van der Waals surface area contributed by atoms with E-state index in [1.807, 2.05) is 6.07 Å². The Hall–Kier alpha value is 0.390. The summed E-state index contributed by atoms with van der Waals surface area (Å²) in [7, 11) is 0. The number of rotatable bonds is 5. The van der Waals surface area contributed by atoms with Crippen LogP contribution < -0.4 is 11.5 Å². The molecular weight excluding hydrogens is 284 g/mol. The Kier molecular flexibility index (Phi) is 7.86. The predicted octanol–water partition coefficient (Wildman–Crippen LogP) is 3.06. The van der Waals surface area contributed by atoms with Crippen molar-refractivity contribution in [2.45, 2.75) is 25.3 Å². The van der Waals surface area contributed by atoms with Crippen LogP contribution in [0.2, 0.25) is 0 Å². The van der Waals surface area contributed by atoms with E-state index >= 15 is 0 Å². The molecule has 0 bridgehead atoms. The zero-order valence-corrected chi connectivity index (χ0v) is 11.1. The molecule has 1 aromatic heterocycles. The Morgan fingerprint density at radius 3 is 2.57 bits per heavy atom. The molecule has 0 saturated heterocycles. The van der Waals surface area contributed by atoms with E-state index in [4.69, 9.17) is 11.5 Å². The molecule has 82 valence electrons. The van der Waals surface area contributed by atoms with Gasteiger partial charge >= 0.3 is 0 Å². The molecule has 1 rings (SSSR count). The lowest BCUT2D eigenvalue weighted by Crippen LogP contribution is -2.09. The average Bonchev–Trinajstić information content (AvgIpc) is 2.52. The highest BCUT2D eigenvalue weighted by atomic mass is 79.9. The summed E-state index contributed by atoms with van der Waals surface area (Å²) < 4.78 is 1.15. The van der Waals surface area contributed by atoms with Crippen LogP contribution in [-0.4, -0.2) is 6.54 Å². The van der Waals surface area contributed by atoms with Gasteiger partial charge in [-0.15, -0.1) is 23.7 Å². The van der Waals surface area contributed by atoms with E-state index in [0.29, 0.717) is 0 Å². The molecule has 0 amide bonds. The molecule has 1 heterocycles. The zero-order chi connectivity index (χ0) is 9.68. The molecule has 14 heavy (non-hydrogen) atoms. The van der Waals surface area contributed by atoms with Gasteiger partial charge in [0.1, 0.15) is 0 Å². The van der Waals surface area contributed by atoms with E-state index in [1.165, 1.54) is 4.88 Å². The molecule has 1 atom stereocenters. The second-order valence-corrected chi connectivity index (χ2v) is 5.53. The predicted molar refractivity (Wildman–Crippen MR) is 69.1 cm³/mol. The quantitative estimate of drug-likeness (QED) is 0.821. The molecule has 0 aromatic carbocycles. The van der Waals surface area contributed by atoms with Crippen LogP contribution in [0, 0.1) is 0 Å². The highest BCUT2D eigenvalue weighted by molar-refractivity contribution is 9.11. The summed E-state index contributed by atoms with van der Waals surface area (Å²) in [5.74, 6) is 0. The highest BCUT2D eigenvalue weighted by Gasteiger charge is 2.07. The van der Waals surface area contributed by atoms with E-state index < -0.39 is 0 Å². The number of halogens is 2. The van der Waals surface area contributed by atoms with Gasteiger partial charge in [-0.3, -0.25) is 0 Å². The third-order valence-corrected chi connectivity index (χ3v) is 3.68. The summed E-state index contributed by atoms with van der Waals surface area (Å²) in [6, 6.07) is 4.31. The van der Waals surface area contributed by atoms with E-state index in [2.05, 4.69) is 22.0 Å². The van der Waals surface area contributed by atoms with Crippen LogP contribution in [0.3, 0.4) is 0 Å². The topological polar surface area (TPSA) is 52.0 Å². The molecule has 1 aromatic rings. The SMILES string of the molecule is Cl.NCCCC[C@@H](N)c1ccc(Br)s1. The Morgan fingerprint density at radius 2 is 2.07 bits per heavy atom. The normalized spacial score (nSPS) is 12.2. The first-order chi connectivity index (χ1) is 6.24. The molecule has 0 aliphatic carbocycles. The lowest BCUT2D eigenvalue weighted by atomic mass is 10.1. The number of hydrogen-bond acceptors (Lipinski definition) is 3. The van der Waals surface area contributed by atoms with Gasteiger partial charge in [0.15, 0.2) is 0 Å². The van der Waals surface area contributed by atoms with Crippen molar-refractivity contribution in [3.63, 3.8) is 0 Å². The maximum Gasteiger partial charge on any atom is 0.0701 e. The first kappa shape index (κ1) is 14.4. The van der Waals surface area contributed by atoms with Crippen molar-refractivity contribution in [1.82, 2.24) is 0 Å². The number of unbranched alkanes of at least 4 members (excludes halogenated alkanes) is 1. The molecule has 5 heteroatoms. The fourth-order valence-electron chi connectivity index (χ4n) is 1.18.